The molecule has 0 saturated heterocycles. The van der Waals surface area contributed by atoms with E-state index in [9.17, 15) is 18.8 Å². The maximum absolute atomic E-state index is 13.2. The van der Waals surface area contributed by atoms with Crippen molar-refractivity contribution >= 4 is 39.1 Å². The van der Waals surface area contributed by atoms with Crippen LogP contribution in [0.3, 0.4) is 0 Å². The lowest BCUT2D eigenvalue weighted by Crippen LogP contribution is -2.38. The van der Waals surface area contributed by atoms with Gasteiger partial charge in [0.05, 0.1) is 18.3 Å². The van der Waals surface area contributed by atoms with Crippen molar-refractivity contribution in [3.05, 3.63) is 82.0 Å². The largest absolute Gasteiger partial charge is 0.335 e. The summed E-state index contributed by atoms with van der Waals surface area (Å²) in [5.41, 5.74) is 1.86. The van der Waals surface area contributed by atoms with Crippen LogP contribution in [0.2, 0.25) is 0 Å². The molecule has 2 heterocycles. The number of hydrogen-bond donors (Lipinski definition) is 1. The number of nitrogens with one attached hydrogen (secondary N) is 1. The molecule has 7 nitrogen and oxygen atoms in total. The van der Waals surface area contributed by atoms with Gasteiger partial charge in [0.1, 0.15) is 17.2 Å². The molecule has 1 N–H and O–H groups in total. The Morgan fingerprint density at radius 1 is 1.12 bits per heavy atom. The molecule has 2 aromatic carbocycles. The SMILES string of the molecule is Cc1sc2ncn(CC(=O)N(C)CC(=O)Nc3ccc(F)cc3)c(=O)c2c1-c1ccccc1. The molecule has 168 valence electrons. The van der Waals surface area contributed by atoms with Crippen LogP contribution >= 0.6 is 11.3 Å². The Kier molecular flexibility index (Phi) is 6.32. The summed E-state index contributed by atoms with van der Waals surface area (Å²) in [5.74, 6) is -1.26. The summed E-state index contributed by atoms with van der Waals surface area (Å²) in [7, 11) is 1.48. The predicted molar refractivity (Wildman–Crippen MR) is 127 cm³/mol. The minimum Gasteiger partial charge on any atom is -0.335 e. The number of thiophene rings is 1. The molecule has 0 bridgehead atoms. The molecule has 4 rings (SSSR count). The Bertz CT molecular complexity index is 1380. The number of likely N-dealkylation sites (N-methyl/N-ethyl adjacent to an activating group) is 1. The van der Waals surface area contributed by atoms with Gasteiger partial charge in [-0.3, -0.25) is 19.0 Å². The average Bonchev–Trinajstić information content (AvgIpc) is 3.14. The number of nitrogens with zero attached hydrogens (tertiary/aromatic N) is 3. The minimum atomic E-state index is -0.432. The lowest BCUT2D eigenvalue weighted by atomic mass is 10.0. The van der Waals surface area contributed by atoms with Crippen LogP contribution in [-0.4, -0.2) is 39.9 Å². The van der Waals surface area contributed by atoms with E-state index in [-0.39, 0.29) is 18.6 Å². The van der Waals surface area contributed by atoms with Gasteiger partial charge in [-0.1, -0.05) is 30.3 Å². The number of rotatable bonds is 6. The second-order valence-electron chi connectivity index (χ2n) is 7.56. The molecule has 0 aliphatic heterocycles. The van der Waals surface area contributed by atoms with Crippen LogP contribution in [0.25, 0.3) is 21.3 Å². The van der Waals surface area contributed by atoms with Gasteiger partial charge in [0.25, 0.3) is 5.56 Å². The van der Waals surface area contributed by atoms with Crippen molar-refractivity contribution in [1.29, 1.82) is 0 Å². The standard InChI is InChI=1S/C24H21FN4O3S/c1-15-21(16-6-4-3-5-7-16)22-23(33-15)26-14-29(24(22)32)13-20(31)28(2)12-19(30)27-18-10-8-17(25)9-11-18/h3-11,14H,12-13H2,1-2H3,(H,27,30). The summed E-state index contributed by atoms with van der Waals surface area (Å²) in [4.78, 5) is 45.4. The highest BCUT2D eigenvalue weighted by Gasteiger charge is 2.19. The molecule has 4 aromatic rings. The average molecular weight is 465 g/mol. The fraction of sp³-hybridized carbons (Fsp3) is 0.167. The van der Waals surface area contributed by atoms with Gasteiger partial charge < -0.3 is 10.2 Å². The van der Waals surface area contributed by atoms with E-state index >= 15 is 0 Å². The summed E-state index contributed by atoms with van der Waals surface area (Å²) in [6, 6.07) is 14.9. The second kappa shape index (κ2) is 9.33. The third kappa shape index (κ3) is 4.83. The Labute approximate surface area is 193 Å². The van der Waals surface area contributed by atoms with Gasteiger partial charge in [-0.15, -0.1) is 11.3 Å². The van der Waals surface area contributed by atoms with Crippen LogP contribution in [0.5, 0.6) is 0 Å². The van der Waals surface area contributed by atoms with E-state index in [1.165, 1.54) is 58.4 Å². The van der Waals surface area contributed by atoms with Crippen LogP contribution in [0.15, 0.2) is 65.7 Å². The first kappa shape index (κ1) is 22.3. The molecule has 0 aliphatic rings. The van der Waals surface area contributed by atoms with Gasteiger partial charge in [-0.2, -0.15) is 0 Å². The van der Waals surface area contributed by atoms with Crippen LogP contribution in [0.4, 0.5) is 10.1 Å². The first-order valence-corrected chi connectivity index (χ1v) is 11.0. The zero-order valence-corrected chi connectivity index (χ0v) is 18.9. The van der Waals surface area contributed by atoms with Crippen LogP contribution in [0.1, 0.15) is 4.88 Å². The predicted octanol–water partition coefficient (Wildman–Crippen LogP) is 3.67. The number of hydrogen-bond acceptors (Lipinski definition) is 5. The number of amides is 2. The second-order valence-corrected chi connectivity index (χ2v) is 8.77. The number of aryl methyl sites for hydroxylation is 1. The molecule has 0 saturated carbocycles. The fourth-order valence-electron chi connectivity index (χ4n) is 3.51. The summed E-state index contributed by atoms with van der Waals surface area (Å²) < 4.78 is 14.3. The van der Waals surface area contributed by atoms with Crippen molar-refractivity contribution in [2.24, 2.45) is 0 Å². The summed E-state index contributed by atoms with van der Waals surface area (Å²) in [6.07, 6.45) is 1.36. The lowest BCUT2D eigenvalue weighted by molar-refractivity contribution is -0.133. The Hall–Kier alpha value is -3.85. The van der Waals surface area contributed by atoms with Crippen molar-refractivity contribution in [2.75, 3.05) is 18.9 Å². The van der Waals surface area contributed by atoms with E-state index < -0.39 is 17.6 Å². The monoisotopic (exact) mass is 464 g/mol. The summed E-state index contributed by atoms with van der Waals surface area (Å²) in [6.45, 7) is 1.48. The highest BCUT2D eigenvalue weighted by molar-refractivity contribution is 7.19. The summed E-state index contributed by atoms with van der Waals surface area (Å²) in [5, 5.41) is 3.09. The van der Waals surface area contributed by atoms with Crippen molar-refractivity contribution in [3.8, 4) is 11.1 Å². The molecule has 9 heteroatoms. The highest BCUT2D eigenvalue weighted by Crippen LogP contribution is 2.35. The van der Waals surface area contributed by atoms with E-state index in [1.807, 2.05) is 37.3 Å². The summed E-state index contributed by atoms with van der Waals surface area (Å²) >= 11 is 1.44. The Morgan fingerprint density at radius 2 is 1.82 bits per heavy atom. The Balaban J connectivity index is 1.52. The molecule has 0 unspecified atom stereocenters. The zero-order chi connectivity index (χ0) is 23.5. The van der Waals surface area contributed by atoms with Crippen molar-refractivity contribution in [2.45, 2.75) is 13.5 Å². The molecule has 0 aliphatic carbocycles. The zero-order valence-electron chi connectivity index (χ0n) is 18.0. The number of anilines is 1. The molecular weight excluding hydrogens is 443 g/mol. The van der Waals surface area contributed by atoms with Crippen molar-refractivity contribution in [1.82, 2.24) is 14.5 Å². The van der Waals surface area contributed by atoms with Gasteiger partial charge in [0.2, 0.25) is 11.8 Å². The molecule has 0 radical (unpaired) electrons. The molecule has 0 spiro atoms. The molecule has 33 heavy (non-hydrogen) atoms. The normalized spacial score (nSPS) is 10.9. The van der Waals surface area contributed by atoms with Crippen LogP contribution in [-0.2, 0) is 16.1 Å². The number of benzene rings is 2. The van der Waals surface area contributed by atoms with Gasteiger partial charge in [0, 0.05) is 23.2 Å². The van der Waals surface area contributed by atoms with E-state index in [0.29, 0.717) is 15.9 Å². The Morgan fingerprint density at radius 3 is 2.52 bits per heavy atom. The third-order valence-electron chi connectivity index (χ3n) is 5.16. The van der Waals surface area contributed by atoms with Gasteiger partial charge in [0.15, 0.2) is 0 Å². The molecule has 2 amide bonds. The van der Waals surface area contributed by atoms with E-state index in [0.717, 1.165) is 16.0 Å². The maximum atomic E-state index is 13.2. The number of carbonyl (C=O) groups excluding carboxylic acids is 2. The van der Waals surface area contributed by atoms with Gasteiger partial charge in [-0.05, 0) is 36.8 Å². The van der Waals surface area contributed by atoms with Crippen LogP contribution < -0.4 is 10.9 Å². The smallest absolute Gasteiger partial charge is 0.263 e. The van der Waals surface area contributed by atoms with E-state index in [1.54, 1.807) is 0 Å². The highest BCUT2D eigenvalue weighted by atomic mass is 32.1. The first-order valence-electron chi connectivity index (χ1n) is 10.2. The number of halogens is 1. The van der Waals surface area contributed by atoms with E-state index in [4.69, 9.17) is 0 Å². The topological polar surface area (TPSA) is 84.3 Å². The first-order chi connectivity index (χ1) is 15.8. The quantitative estimate of drug-likeness (QED) is 0.472. The number of aromatic nitrogens is 2. The van der Waals surface area contributed by atoms with Crippen LogP contribution in [0, 0.1) is 12.7 Å². The molecule has 2 aromatic heterocycles. The molecule has 0 atom stereocenters. The van der Waals surface area contributed by atoms with Crippen molar-refractivity contribution in [3.63, 3.8) is 0 Å². The molecular formula is C24H21FN4O3S. The molecule has 0 fully saturated rings. The maximum Gasteiger partial charge on any atom is 0.263 e. The third-order valence-corrected chi connectivity index (χ3v) is 6.17. The van der Waals surface area contributed by atoms with Crippen molar-refractivity contribution < 1.29 is 14.0 Å². The van der Waals surface area contributed by atoms with Gasteiger partial charge >= 0.3 is 0 Å². The number of fused-ring (bicyclic) bond motifs is 1. The fourth-order valence-corrected chi connectivity index (χ4v) is 4.51. The lowest BCUT2D eigenvalue weighted by Gasteiger charge is -2.17. The van der Waals surface area contributed by atoms with E-state index in [2.05, 4.69) is 10.3 Å². The minimum absolute atomic E-state index is 0.215. The van der Waals surface area contributed by atoms with Gasteiger partial charge in [-0.25, -0.2) is 9.37 Å². The number of carbonyl (C=O) groups is 2.